The highest BCUT2D eigenvalue weighted by Gasteiger charge is 2.31. The van der Waals surface area contributed by atoms with E-state index in [1.54, 1.807) is 7.11 Å². The number of aryl methyl sites for hydroxylation is 1. The lowest BCUT2D eigenvalue weighted by molar-refractivity contribution is 0.416. The molecule has 1 fully saturated rings. The van der Waals surface area contributed by atoms with Crippen molar-refractivity contribution in [2.75, 3.05) is 35.9 Å². The van der Waals surface area contributed by atoms with Crippen molar-refractivity contribution in [2.45, 2.75) is 19.4 Å². The minimum atomic E-state index is -2.94. The summed E-state index contributed by atoms with van der Waals surface area (Å²) < 4.78 is 28.8. The monoisotopic (exact) mass is 362 g/mol. The van der Waals surface area contributed by atoms with Crippen molar-refractivity contribution in [3.05, 3.63) is 36.2 Å². The Labute approximate surface area is 148 Å². The molecule has 25 heavy (non-hydrogen) atoms. The third-order valence-electron chi connectivity index (χ3n) is 4.39. The van der Waals surface area contributed by atoms with Crippen LogP contribution in [0.2, 0.25) is 0 Å². The number of nitrogens with zero attached hydrogens (tertiary/aromatic N) is 3. The van der Waals surface area contributed by atoms with E-state index in [0.29, 0.717) is 18.1 Å². The average molecular weight is 362 g/mol. The van der Waals surface area contributed by atoms with Crippen LogP contribution in [-0.4, -0.2) is 50.1 Å². The van der Waals surface area contributed by atoms with E-state index in [-0.39, 0.29) is 17.5 Å². The van der Waals surface area contributed by atoms with Crippen LogP contribution < -0.4 is 15.0 Å². The number of sulfone groups is 1. The maximum absolute atomic E-state index is 11.7. The Hall–Kier alpha value is -2.35. The van der Waals surface area contributed by atoms with Crippen molar-refractivity contribution in [2.24, 2.45) is 0 Å². The van der Waals surface area contributed by atoms with Gasteiger partial charge in [0.25, 0.3) is 0 Å². The van der Waals surface area contributed by atoms with Gasteiger partial charge in [0, 0.05) is 19.2 Å². The second-order valence-electron chi connectivity index (χ2n) is 6.26. The molecule has 8 heteroatoms. The highest BCUT2D eigenvalue weighted by Crippen LogP contribution is 2.29. The zero-order valence-corrected chi connectivity index (χ0v) is 15.4. The van der Waals surface area contributed by atoms with Crippen LogP contribution in [-0.2, 0) is 9.84 Å². The van der Waals surface area contributed by atoms with Crippen LogP contribution in [0.3, 0.4) is 0 Å². The lowest BCUT2D eigenvalue weighted by Crippen LogP contribution is -2.33. The highest BCUT2D eigenvalue weighted by molar-refractivity contribution is 7.91. The van der Waals surface area contributed by atoms with E-state index in [4.69, 9.17) is 4.74 Å². The molecule has 1 aliphatic rings. The number of nitrogens with one attached hydrogen (secondary N) is 1. The molecule has 1 saturated heterocycles. The molecule has 0 amide bonds. The van der Waals surface area contributed by atoms with E-state index in [1.165, 1.54) is 6.33 Å². The number of rotatable bonds is 5. The summed E-state index contributed by atoms with van der Waals surface area (Å²) in [4.78, 5) is 10.4. The van der Waals surface area contributed by atoms with Gasteiger partial charge in [-0.3, -0.25) is 0 Å². The fraction of sp³-hybridized carbons (Fsp3) is 0.412. The van der Waals surface area contributed by atoms with Crippen molar-refractivity contribution in [1.82, 2.24) is 9.97 Å². The highest BCUT2D eigenvalue weighted by atomic mass is 32.2. The SMILES string of the molecule is COc1ccc(C)cc1Nc1cc(N(C)C2CCS(=O)(=O)C2)ncn1. The van der Waals surface area contributed by atoms with Crippen LogP contribution in [0.4, 0.5) is 17.3 Å². The van der Waals surface area contributed by atoms with Crippen molar-refractivity contribution in [3.63, 3.8) is 0 Å². The molecule has 1 aliphatic heterocycles. The summed E-state index contributed by atoms with van der Waals surface area (Å²) in [6.45, 7) is 2.00. The quantitative estimate of drug-likeness (QED) is 0.872. The Bertz CT molecular complexity index is 870. The molecule has 1 N–H and O–H groups in total. The molecule has 1 unspecified atom stereocenters. The largest absolute Gasteiger partial charge is 0.495 e. The normalized spacial score (nSPS) is 18.8. The van der Waals surface area contributed by atoms with Gasteiger partial charge >= 0.3 is 0 Å². The molecule has 0 bridgehead atoms. The van der Waals surface area contributed by atoms with Gasteiger partial charge in [0.1, 0.15) is 23.7 Å². The summed E-state index contributed by atoms with van der Waals surface area (Å²) in [7, 11) is 0.548. The number of methoxy groups -OCH3 is 1. The second kappa shape index (κ2) is 6.87. The minimum Gasteiger partial charge on any atom is -0.495 e. The van der Waals surface area contributed by atoms with Crippen LogP contribution in [0.5, 0.6) is 5.75 Å². The lowest BCUT2D eigenvalue weighted by atomic mass is 10.2. The summed E-state index contributed by atoms with van der Waals surface area (Å²) in [6.07, 6.45) is 2.09. The first kappa shape index (κ1) is 17.5. The molecule has 3 rings (SSSR count). The predicted molar refractivity (Wildman–Crippen MR) is 98.5 cm³/mol. The van der Waals surface area contributed by atoms with E-state index in [2.05, 4.69) is 15.3 Å². The number of benzene rings is 1. The molecule has 1 aromatic carbocycles. The third kappa shape index (κ3) is 4.01. The van der Waals surface area contributed by atoms with Crippen molar-refractivity contribution in [1.29, 1.82) is 0 Å². The van der Waals surface area contributed by atoms with Gasteiger partial charge in [0.2, 0.25) is 0 Å². The van der Waals surface area contributed by atoms with Crippen LogP contribution in [0.15, 0.2) is 30.6 Å². The van der Waals surface area contributed by atoms with E-state index in [9.17, 15) is 8.42 Å². The number of aromatic nitrogens is 2. The Morgan fingerprint density at radius 1 is 1.28 bits per heavy atom. The van der Waals surface area contributed by atoms with Gasteiger partial charge in [0.05, 0.1) is 24.3 Å². The van der Waals surface area contributed by atoms with E-state index in [0.717, 1.165) is 17.0 Å². The van der Waals surface area contributed by atoms with Gasteiger partial charge in [-0.25, -0.2) is 18.4 Å². The predicted octanol–water partition coefficient (Wildman–Crippen LogP) is 2.16. The van der Waals surface area contributed by atoms with Gasteiger partial charge in [-0.15, -0.1) is 0 Å². The maximum Gasteiger partial charge on any atom is 0.152 e. The molecule has 1 aromatic heterocycles. The molecular formula is C17H22N4O3S. The van der Waals surface area contributed by atoms with E-state index < -0.39 is 9.84 Å². The van der Waals surface area contributed by atoms with Gasteiger partial charge in [-0.05, 0) is 31.0 Å². The van der Waals surface area contributed by atoms with Crippen LogP contribution in [0, 0.1) is 6.92 Å². The van der Waals surface area contributed by atoms with Gasteiger partial charge in [-0.1, -0.05) is 6.07 Å². The number of ether oxygens (including phenoxy) is 1. The van der Waals surface area contributed by atoms with Gasteiger partial charge in [0.15, 0.2) is 9.84 Å². The minimum absolute atomic E-state index is 0.0544. The summed E-state index contributed by atoms with van der Waals surface area (Å²) in [5.41, 5.74) is 1.92. The molecule has 0 radical (unpaired) electrons. The Balaban J connectivity index is 1.81. The topological polar surface area (TPSA) is 84.4 Å². The molecule has 134 valence electrons. The molecule has 2 heterocycles. The second-order valence-corrected chi connectivity index (χ2v) is 8.49. The van der Waals surface area contributed by atoms with Crippen molar-refractivity contribution < 1.29 is 13.2 Å². The van der Waals surface area contributed by atoms with Crippen LogP contribution in [0.25, 0.3) is 0 Å². The lowest BCUT2D eigenvalue weighted by Gasteiger charge is -2.24. The van der Waals surface area contributed by atoms with Crippen LogP contribution in [0.1, 0.15) is 12.0 Å². The standard InChI is InChI=1S/C17H22N4O3S/c1-12-4-5-15(24-3)14(8-12)20-16-9-17(19-11-18-16)21(2)13-6-7-25(22,23)10-13/h4-5,8-9,11,13H,6-7,10H2,1-3H3,(H,18,19,20). The summed E-state index contributed by atoms with van der Waals surface area (Å²) in [5, 5.41) is 3.25. The fourth-order valence-corrected chi connectivity index (χ4v) is 4.71. The summed E-state index contributed by atoms with van der Waals surface area (Å²) in [5.74, 6) is 2.44. The van der Waals surface area contributed by atoms with E-state index >= 15 is 0 Å². The molecule has 0 saturated carbocycles. The molecule has 0 spiro atoms. The molecule has 7 nitrogen and oxygen atoms in total. The summed E-state index contributed by atoms with van der Waals surface area (Å²) in [6, 6.07) is 7.61. The summed E-state index contributed by atoms with van der Waals surface area (Å²) >= 11 is 0. The molecular weight excluding hydrogens is 340 g/mol. The Kier molecular flexibility index (Phi) is 4.80. The van der Waals surface area contributed by atoms with Gasteiger partial charge < -0.3 is 15.0 Å². The first-order valence-electron chi connectivity index (χ1n) is 8.05. The van der Waals surface area contributed by atoms with Crippen molar-refractivity contribution in [3.8, 4) is 5.75 Å². The molecule has 0 aliphatic carbocycles. The van der Waals surface area contributed by atoms with E-state index in [1.807, 2.05) is 43.1 Å². The average Bonchev–Trinajstić information content (AvgIpc) is 2.95. The molecule has 2 aromatic rings. The Morgan fingerprint density at radius 2 is 2.08 bits per heavy atom. The van der Waals surface area contributed by atoms with Gasteiger partial charge in [-0.2, -0.15) is 0 Å². The smallest absolute Gasteiger partial charge is 0.152 e. The zero-order valence-electron chi connectivity index (χ0n) is 14.6. The number of hydrogen-bond acceptors (Lipinski definition) is 7. The number of anilines is 3. The first-order valence-corrected chi connectivity index (χ1v) is 9.87. The maximum atomic E-state index is 11.7. The molecule has 1 atom stereocenters. The Morgan fingerprint density at radius 3 is 2.76 bits per heavy atom. The zero-order chi connectivity index (χ0) is 18.0. The van der Waals surface area contributed by atoms with Crippen molar-refractivity contribution >= 4 is 27.2 Å². The van der Waals surface area contributed by atoms with Crippen LogP contribution >= 0.6 is 0 Å². The first-order chi connectivity index (χ1) is 11.9. The number of hydrogen-bond donors (Lipinski definition) is 1. The fourth-order valence-electron chi connectivity index (χ4n) is 2.93. The third-order valence-corrected chi connectivity index (χ3v) is 6.14.